The molecule has 4 heteroatoms. The van der Waals surface area contributed by atoms with Gasteiger partial charge in [0.1, 0.15) is 0 Å². The number of benzene rings is 1. The van der Waals surface area contributed by atoms with E-state index in [2.05, 4.69) is 31.3 Å². The summed E-state index contributed by atoms with van der Waals surface area (Å²) in [6.07, 6.45) is 0.622. The predicted octanol–water partition coefficient (Wildman–Crippen LogP) is 4.10. The summed E-state index contributed by atoms with van der Waals surface area (Å²) in [5.74, 6) is 0.0475. The van der Waals surface area contributed by atoms with Gasteiger partial charge in [0, 0.05) is 15.8 Å². The molecule has 1 heterocycles. The SMILES string of the molecule is CCNC(Cc1cccc(OC)c1F)c1ccc(C)s1. The van der Waals surface area contributed by atoms with Gasteiger partial charge >= 0.3 is 0 Å². The van der Waals surface area contributed by atoms with Crippen molar-refractivity contribution in [2.24, 2.45) is 0 Å². The van der Waals surface area contributed by atoms with Crippen LogP contribution >= 0.6 is 11.3 Å². The minimum absolute atomic E-state index is 0.139. The van der Waals surface area contributed by atoms with Gasteiger partial charge in [-0.05, 0) is 43.7 Å². The van der Waals surface area contributed by atoms with E-state index in [4.69, 9.17) is 4.74 Å². The average Bonchev–Trinajstić information content (AvgIpc) is 2.87. The van der Waals surface area contributed by atoms with Crippen LogP contribution in [-0.4, -0.2) is 13.7 Å². The van der Waals surface area contributed by atoms with Crippen molar-refractivity contribution in [3.63, 3.8) is 0 Å². The standard InChI is InChI=1S/C16H20FNOS/c1-4-18-13(15-9-8-11(2)20-15)10-12-6-5-7-14(19-3)16(12)17/h5-9,13,18H,4,10H2,1-3H3. The normalized spacial score (nSPS) is 12.4. The zero-order valence-electron chi connectivity index (χ0n) is 12.1. The Kier molecular flexibility index (Phi) is 5.15. The molecule has 1 unspecified atom stereocenters. The molecule has 2 rings (SSSR count). The van der Waals surface area contributed by atoms with E-state index >= 15 is 0 Å². The zero-order valence-corrected chi connectivity index (χ0v) is 12.9. The van der Waals surface area contributed by atoms with Crippen molar-refractivity contribution in [1.82, 2.24) is 5.32 Å². The van der Waals surface area contributed by atoms with E-state index in [1.54, 1.807) is 17.4 Å². The number of hydrogen-bond donors (Lipinski definition) is 1. The maximum atomic E-state index is 14.2. The molecule has 0 bridgehead atoms. The molecule has 0 fully saturated rings. The first kappa shape index (κ1) is 15.0. The second-order valence-corrected chi connectivity index (χ2v) is 6.02. The Morgan fingerprint density at radius 1 is 1.30 bits per heavy atom. The van der Waals surface area contributed by atoms with Crippen LogP contribution in [0.15, 0.2) is 30.3 Å². The third kappa shape index (κ3) is 3.38. The molecular weight excluding hydrogens is 273 g/mol. The van der Waals surface area contributed by atoms with Crippen LogP contribution in [0.1, 0.15) is 28.3 Å². The molecule has 1 N–H and O–H groups in total. The summed E-state index contributed by atoms with van der Waals surface area (Å²) in [6.45, 7) is 5.01. The van der Waals surface area contributed by atoms with Crippen molar-refractivity contribution < 1.29 is 9.13 Å². The summed E-state index contributed by atoms with van der Waals surface area (Å²) in [4.78, 5) is 2.51. The number of ether oxygens (including phenoxy) is 1. The van der Waals surface area contributed by atoms with E-state index in [-0.39, 0.29) is 11.9 Å². The highest BCUT2D eigenvalue weighted by atomic mass is 32.1. The lowest BCUT2D eigenvalue weighted by Crippen LogP contribution is -2.22. The van der Waals surface area contributed by atoms with Gasteiger partial charge in [0.25, 0.3) is 0 Å². The van der Waals surface area contributed by atoms with E-state index in [1.165, 1.54) is 16.9 Å². The van der Waals surface area contributed by atoms with Crippen LogP contribution in [-0.2, 0) is 6.42 Å². The smallest absolute Gasteiger partial charge is 0.168 e. The molecule has 0 saturated carbocycles. The number of likely N-dealkylation sites (N-methyl/N-ethyl adjacent to an activating group) is 1. The van der Waals surface area contributed by atoms with Gasteiger partial charge < -0.3 is 10.1 Å². The van der Waals surface area contributed by atoms with Crippen LogP contribution in [0.5, 0.6) is 5.75 Å². The highest BCUT2D eigenvalue weighted by Gasteiger charge is 2.17. The van der Waals surface area contributed by atoms with Crippen LogP contribution in [0.2, 0.25) is 0 Å². The lowest BCUT2D eigenvalue weighted by molar-refractivity contribution is 0.382. The quantitative estimate of drug-likeness (QED) is 0.866. The van der Waals surface area contributed by atoms with E-state index in [1.807, 2.05) is 12.1 Å². The zero-order chi connectivity index (χ0) is 14.5. The lowest BCUT2D eigenvalue weighted by atomic mass is 10.0. The summed E-state index contributed by atoms with van der Waals surface area (Å²) < 4.78 is 19.3. The van der Waals surface area contributed by atoms with Gasteiger partial charge in [-0.1, -0.05) is 19.1 Å². The summed E-state index contributed by atoms with van der Waals surface area (Å²) in [7, 11) is 1.49. The molecule has 108 valence electrons. The summed E-state index contributed by atoms with van der Waals surface area (Å²) in [5, 5.41) is 3.43. The molecule has 0 aliphatic rings. The molecule has 0 spiro atoms. The molecule has 0 saturated heterocycles. The van der Waals surface area contributed by atoms with Crippen LogP contribution in [0.3, 0.4) is 0 Å². The molecule has 1 aromatic heterocycles. The van der Waals surface area contributed by atoms with E-state index in [9.17, 15) is 4.39 Å². The van der Waals surface area contributed by atoms with Crippen molar-refractivity contribution in [1.29, 1.82) is 0 Å². The number of halogens is 1. The second kappa shape index (κ2) is 6.86. The fourth-order valence-corrected chi connectivity index (χ4v) is 3.20. The predicted molar refractivity (Wildman–Crippen MR) is 82.1 cm³/mol. The Bertz CT molecular complexity index is 567. The maximum absolute atomic E-state index is 14.2. The fourth-order valence-electron chi connectivity index (χ4n) is 2.25. The van der Waals surface area contributed by atoms with Gasteiger partial charge in [0.15, 0.2) is 11.6 Å². The third-order valence-electron chi connectivity index (χ3n) is 3.24. The summed E-state index contributed by atoms with van der Waals surface area (Å²) in [6, 6.07) is 9.66. The van der Waals surface area contributed by atoms with Crippen molar-refractivity contribution in [2.75, 3.05) is 13.7 Å². The molecule has 1 atom stereocenters. The number of methoxy groups -OCH3 is 1. The summed E-state index contributed by atoms with van der Waals surface area (Å²) >= 11 is 1.75. The minimum Gasteiger partial charge on any atom is -0.494 e. The first-order valence-corrected chi connectivity index (χ1v) is 7.58. The van der Waals surface area contributed by atoms with Crippen LogP contribution in [0.4, 0.5) is 4.39 Å². The first-order chi connectivity index (χ1) is 9.65. The lowest BCUT2D eigenvalue weighted by Gasteiger charge is -2.17. The Hall–Kier alpha value is -1.39. The molecule has 0 aliphatic heterocycles. The molecule has 0 aliphatic carbocycles. The maximum Gasteiger partial charge on any atom is 0.168 e. The molecule has 2 nitrogen and oxygen atoms in total. The third-order valence-corrected chi connectivity index (χ3v) is 4.36. The number of nitrogens with one attached hydrogen (secondary N) is 1. The van der Waals surface area contributed by atoms with Crippen molar-refractivity contribution >= 4 is 11.3 Å². The van der Waals surface area contributed by atoms with Crippen LogP contribution < -0.4 is 10.1 Å². The van der Waals surface area contributed by atoms with Crippen LogP contribution in [0.25, 0.3) is 0 Å². The molecule has 0 amide bonds. The Balaban J connectivity index is 2.24. The monoisotopic (exact) mass is 293 g/mol. The van der Waals surface area contributed by atoms with E-state index in [0.29, 0.717) is 17.7 Å². The van der Waals surface area contributed by atoms with Gasteiger partial charge in [-0.2, -0.15) is 0 Å². The molecule has 20 heavy (non-hydrogen) atoms. The topological polar surface area (TPSA) is 21.3 Å². The number of aryl methyl sites for hydroxylation is 1. The Morgan fingerprint density at radius 3 is 2.70 bits per heavy atom. The van der Waals surface area contributed by atoms with Gasteiger partial charge in [0.05, 0.1) is 7.11 Å². The fraction of sp³-hybridized carbons (Fsp3) is 0.375. The summed E-state index contributed by atoms with van der Waals surface area (Å²) in [5.41, 5.74) is 0.682. The minimum atomic E-state index is -0.258. The van der Waals surface area contributed by atoms with Crippen molar-refractivity contribution in [2.45, 2.75) is 26.3 Å². The average molecular weight is 293 g/mol. The highest BCUT2D eigenvalue weighted by Crippen LogP contribution is 2.28. The number of hydrogen-bond acceptors (Lipinski definition) is 3. The van der Waals surface area contributed by atoms with Gasteiger partial charge in [-0.3, -0.25) is 0 Å². The first-order valence-electron chi connectivity index (χ1n) is 6.76. The Morgan fingerprint density at radius 2 is 2.10 bits per heavy atom. The number of rotatable bonds is 6. The largest absolute Gasteiger partial charge is 0.494 e. The molecular formula is C16H20FNOS. The van der Waals surface area contributed by atoms with Gasteiger partial charge in [-0.15, -0.1) is 11.3 Å². The molecule has 2 aromatic rings. The molecule has 1 aromatic carbocycles. The molecule has 0 radical (unpaired) electrons. The Labute approximate surface area is 123 Å². The second-order valence-electron chi connectivity index (χ2n) is 4.70. The number of thiophene rings is 1. The van der Waals surface area contributed by atoms with Crippen molar-refractivity contribution in [3.8, 4) is 5.75 Å². The highest BCUT2D eigenvalue weighted by molar-refractivity contribution is 7.12. The van der Waals surface area contributed by atoms with Gasteiger partial charge in [0.2, 0.25) is 0 Å². The van der Waals surface area contributed by atoms with Crippen LogP contribution in [0, 0.1) is 12.7 Å². The van der Waals surface area contributed by atoms with Crippen molar-refractivity contribution in [3.05, 3.63) is 51.5 Å². The van der Waals surface area contributed by atoms with Gasteiger partial charge in [-0.25, -0.2) is 4.39 Å². The van der Waals surface area contributed by atoms with E-state index in [0.717, 1.165) is 6.54 Å². The van der Waals surface area contributed by atoms with E-state index < -0.39 is 0 Å².